The first-order valence-electron chi connectivity index (χ1n) is 10.3. The maximum absolute atomic E-state index is 14.0. The topological polar surface area (TPSA) is 86.2 Å². The number of pyridine rings is 1. The predicted octanol–water partition coefficient (Wildman–Crippen LogP) is 4.05. The van der Waals surface area contributed by atoms with Gasteiger partial charge in [0.15, 0.2) is 17.3 Å². The van der Waals surface area contributed by atoms with Crippen molar-refractivity contribution in [1.29, 1.82) is 0 Å². The van der Waals surface area contributed by atoms with E-state index in [1.807, 2.05) is 6.92 Å². The van der Waals surface area contributed by atoms with Gasteiger partial charge in [-0.3, -0.25) is 4.79 Å². The summed E-state index contributed by atoms with van der Waals surface area (Å²) >= 11 is 0. The smallest absolute Gasteiger partial charge is 0.229 e. The van der Waals surface area contributed by atoms with Crippen LogP contribution in [0, 0.1) is 36.9 Å². The molecule has 1 fully saturated rings. The molecule has 0 spiro atoms. The van der Waals surface area contributed by atoms with Gasteiger partial charge in [0.2, 0.25) is 5.91 Å². The van der Waals surface area contributed by atoms with E-state index in [1.54, 1.807) is 19.2 Å². The van der Waals surface area contributed by atoms with Gasteiger partial charge in [0, 0.05) is 11.3 Å². The van der Waals surface area contributed by atoms with Crippen molar-refractivity contribution >= 4 is 11.7 Å². The van der Waals surface area contributed by atoms with E-state index < -0.39 is 23.0 Å². The zero-order valence-electron chi connectivity index (χ0n) is 18.1. The molecule has 0 bridgehead atoms. The van der Waals surface area contributed by atoms with Crippen LogP contribution in [-0.2, 0) is 9.53 Å². The summed E-state index contributed by atoms with van der Waals surface area (Å²) in [5.41, 5.74) is 0.134. The summed E-state index contributed by atoms with van der Waals surface area (Å²) in [5, 5.41) is 2.74. The van der Waals surface area contributed by atoms with E-state index in [9.17, 15) is 13.6 Å². The van der Waals surface area contributed by atoms with E-state index in [-0.39, 0.29) is 30.0 Å². The average molecular weight is 442 g/mol. The Morgan fingerprint density at radius 3 is 2.75 bits per heavy atom. The standard InChI is InChI=1S/C23H24F2N4O3/c1-13-20(11-26-14(2)28-13)32-12-23(15-4-6-18(25)19(8-15)31-3)9-17(23)22(30)29-21-7-5-16(24)10-27-21/h5-8,10-11,15,17H,4,9,12H2,1-3H3,(H,27,29,30)/t15?,17-,23+/m0/s1. The lowest BCUT2D eigenvalue weighted by atomic mass is 9.82. The molecule has 2 aromatic rings. The Balaban J connectivity index is 1.56. The second-order valence-corrected chi connectivity index (χ2v) is 8.13. The third-order valence-electron chi connectivity index (χ3n) is 6.06. The number of nitrogens with zero attached hydrogens (tertiary/aromatic N) is 3. The Morgan fingerprint density at radius 1 is 1.25 bits per heavy atom. The molecule has 4 rings (SSSR count). The van der Waals surface area contributed by atoms with Gasteiger partial charge in [0.25, 0.3) is 0 Å². The lowest BCUT2D eigenvalue weighted by Crippen LogP contribution is -2.30. The van der Waals surface area contributed by atoms with Crippen LogP contribution >= 0.6 is 0 Å². The number of halogens is 2. The lowest BCUT2D eigenvalue weighted by molar-refractivity contribution is -0.118. The van der Waals surface area contributed by atoms with Crippen molar-refractivity contribution in [3.05, 3.63) is 65.6 Å². The van der Waals surface area contributed by atoms with E-state index in [0.29, 0.717) is 30.1 Å². The largest absolute Gasteiger partial charge is 0.494 e. The molecular weight excluding hydrogens is 418 g/mol. The number of hydrogen-bond donors (Lipinski definition) is 1. The molecule has 1 saturated carbocycles. The molecule has 3 atom stereocenters. The fourth-order valence-electron chi connectivity index (χ4n) is 4.17. The van der Waals surface area contributed by atoms with Gasteiger partial charge in [-0.15, -0.1) is 0 Å². The number of rotatable bonds is 7. The van der Waals surface area contributed by atoms with Crippen molar-refractivity contribution in [1.82, 2.24) is 15.0 Å². The van der Waals surface area contributed by atoms with Crippen molar-refractivity contribution < 1.29 is 23.0 Å². The molecule has 2 aromatic heterocycles. The van der Waals surface area contributed by atoms with Gasteiger partial charge in [-0.25, -0.2) is 23.7 Å². The summed E-state index contributed by atoms with van der Waals surface area (Å²) in [6.07, 6.45) is 6.81. The highest BCUT2D eigenvalue weighted by atomic mass is 19.1. The first-order chi connectivity index (χ1) is 15.3. The second kappa shape index (κ2) is 8.64. The average Bonchev–Trinajstić information content (AvgIpc) is 3.51. The van der Waals surface area contributed by atoms with Crippen LogP contribution in [0.5, 0.6) is 5.75 Å². The zero-order chi connectivity index (χ0) is 22.9. The number of aromatic nitrogens is 3. The van der Waals surface area contributed by atoms with Gasteiger partial charge in [-0.2, -0.15) is 0 Å². The number of amides is 1. The minimum atomic E-state index is -0.567. The minimum absolute atomic E-state index is 0.154. The van der Waals surface area contributed by atoms with Crippen molar-refractivity contribution in [2.24, 2.45) is 17.3 Å². The number of ether oxygens (including phenoxy) is 2. The number of nitrogens with one attached hydrogen (secondary N) is 1. The molecule has 0 saturated heterocycles. The van der Waals surface area contributed by atoms with Gasteiger partial charge < -0.3 is 14.8 Å². The molecule has 32 heavy (non-hydrogen) atoms. The summed E-state index contributed by atoms with van der Waals surface area (Å²) in [6, 6.07) is 2.64. The molecule has 0 aliphatic heterocycles. The molecule has 1 unspecified atom stereocenters. The van der Waals surface area contributed by atoms with Crippen LogP contribution in [0.4, 0.5) is 14.6 Å². The predicted molar refractivity (Wildman–Crippen MR) is 113 cm³/mol. The number of allylic oxidation sites excluding steroid dienone is 3. The van der Waals surface area contributed by atoms with Crippen LogP contribution in [0.3, 0.4) is 0 Å². The molecule has 168 valence electrons. The normalized spacial score (nSPS) is 24.3. The van der Waals surface area contributed by atoms with Crippen LogP contribution in [-0.4, -0.2) is 34.6 Å². The van der Waals surface area contributed by atoms with E-state index >= 15 is 0 Å². The van der Waals surface area contributed by atoms with E-state index in [1.165, 1.54) is 25.3 Å². The number of methoxy groups -OCH3 is 1. The highest BCUT2D eigenvalue weighted by molar-refractivity contribution is 5.94. The maximum Gasteiger partial charge on any atom is 0.229 e. The fraction of sp³-hybridized carbons (Fsp3) is 0.391. The van der Waals surface area contributed by atoms with Crippen LogP contribution in [0.1, 0.15) is 24.4 Å². The van der Waals surface area contributed by atoms with Crippen LogP contribution in [0.25, 0.3) is 0 Å². The lowest BCUT2D eigenvalue weighted by Gasteiger charge is -2.28. The number of anilines is 1. The number of hydrogen-bond acceptors (Lipinski definition) is 6. The van der Waals surface area contributed by atoms with E-state index in [0.717, 1.165) is 6.20 Å². The third-order valence-corrected chi connectivity index (χ3v) is 6.06. The van der Waals surface area contributed by atoms with Gasteiger partial charge >= 0.3 is 0 Å². The summed E-state index contributed by atoms with van der Waals surface area (Å²) < 4.78 is 38.4. The Morgan fingerprint density at radius 2 is 2.06 bits per heavy atom. The monoisotopic (exact) mass is 442 g/mol. The molecular formula is C23H24F2N4O3. The summed E-state index contributed by atoms with van der Waals surface area (Å²) in [6.45, 7) is 3.85. The number of carbonyl (C=O) groups is 1. The Hall–Kier alpha value is -3.36. The highest BCUT2D eigenvalue weighted by Crippen LogP contribution is 2.61. The van der Waals surface area contributed by atoms with Gasteiger partial charge in [0.05, 0.1) is 31.8 Å². The van der Waals surface area contributed by atoms with Crippen LogP contribution < -0.4 is 10.1 Å². The van der Waals surface area contributed by atoms with E-state index in [2.05, 4.69) is 20.3 Å². The molecule has 2 aliphatic carbocycles. The second-order valence-electron chi connectivity index (χ2n) is 8.13. The van der Waals surface area contributed by atoms with Gasteiger partial charge in [0.1, 0.15) is 17.5 Å². The SMILES string of the molecule is COC1=CC([C@]2(COc3cnc(C)nc3C)C[C@H]2C(=O)Nc2ccc(F)cn2)CC=C1F. The first kappa shape index (κ1) is 21.9. The first-order valence-corrected chi connectivity index (χ1v) is 10.3. The molecule has 2 aliphatic rings. The molecule has 0 aromatic carbocycles. The quantitative estimate of drug-likeness (QED) is 0.696. The maximum atomic E-state index is 14.0. The molecule has 9 heteroatoms. The third kappa shape index (κ3) is 4.32. The van der Waals surface area contributed by atoms with Crippen molar-refractivity contribution in [3.63, 3.8) is 0 Å². The Labute approximate surface area is 184 Å². The molecule has 0 radical (unpaired) electrons. The van der Waals surface area contributed by atoms with Crippen LogP contribution in [0.15, 0.2) is 48.3 Å². The molecule has 7 nitrogen and oxygen atoms in total. The molecule has 2 heterocycles. The fourth-order valence-corrected chi connectivity index (χ4v) is 4.17. The molecule has 1 amide bonds. The van der Waals surface area contributed by atoms with Crippen LogP contribution in [0.2, 0.25) is 0 Å². The zero-order valence-corrected chi connectivity index (χ0v) is 18.1. The summed E-state index contributed by atoms with van der Waals surface area (Å²) in [7, 11) is 1.41. The van der Waals surface area contributed by atoms with Crippen molar-refractivity contribution in [2.45, 2.75) is 26.7 Å². The summed E-state index contributed by atoms with van der Waals surface area (Å²) in [5.74, 6) is -0.107. The molecule has 1 N–H and O–H groups in total. The van der Waals surface area contributed by atoms with Gasteiger partial charge in [-0.1, -0.05) is 0 Å². The number of carbonyl (C=O) groups excluding carboxylic acids is 1. The van der Waals surface area contributed by atoms with Gasteiger partial charge in [-0.05, 0) is 56.9 Å². The van der Waals surface area contributed by atoms with Crippen molar-refractivity contribution in [2.75, 3.05) is 19.0 Å². The summed E-state index contributed by atoms with van der Waals surface area (Å²) in [4.78, 5) is 25.4. The Bertz CT molecular complexity index is 1090. The van der Waals surface area contributed by atoms with Crippen molar-refractivity contribution in [3.8, 4) is 5.75 Å². The van der Waals surface area contributed by atoms with E-state index in [4.69, 9.17) is 9.47 Å². The highest BCUT2D eigenvalue weighted by Gasteiger charge is 2.62. The Kier molecular flexibility index (Phi) is 5.90. The minimum Gasteiger partial charge on any atom is -0.494 e. The number of aryl methyl sites for hydroxylation is 2.